The zero-order valence-electron chi connectivity index (χ0n) is 12.4. The summed E-state index contributed by atoms with van der Waals surface area (Å²) in [5.41, 5.74) is 1.15. The van der Waals surface area contributed by atoms with Gasteiger partial charge in [0.2, 0.25) is 11.8 Å². The van der Waals surface area contributed by atoms with E-state index in [-0.39, 0.29) is 18.2 Å². The van der Waals surface area contributed by atoms with Crippen LogP contribution in [0.25, 0.3) is 0 Å². The van der Waals surface area contributed by atoms with Crippen LogP contribution >= 0.6 is 39.1 Å². The van der Waals surface area contributed by atoms with E-state index in [4.69, 9.17) is 23.2 Å². The molecule has 1 N–H and O–H groups in total. The van der Waals surface area contributed by atoms with E-state index in [0.29, 0.717) is 28.0 Å². The van der Waals surface area contributed by atoms with Gasteiger partial charge < -0.3 is 10.2 Å². The lowest BCUT2D eigenvalue weighted by atomic mass is 10.1. The highest BCUT2D eigenvalue weighted by Gasteiger charge is 2.36. The molecule has 2 amide bonds. The minimum Gasteiger partial charge on any atom is -0.324 e. The van der Waals surface area contributed by atoms with E-state index in [1.54, 1.807) is 41.3 Å². The molecule has 1 saturated heterocycles. The molecule has 7 heteroatoms. The molecule has 24 heavy (non-hydrogen) atoms. The SMILES string of the molecule is O=C(Nc1ccc(Br)cc1Cl)C1CC(=O)N(c2ccccc2Cl)C1. The summed E-state index contributed by atoms with van der Waals surface area (Å²) in [4.78, 5) is 26.3. The van der Waals surface area contributed by atoms with E-state index >= 15 is 0 Å². The molecule has 4 nitrogen and oxygen atoms in total. The molecule has 3 rings (SSSR count). The Hall–Kier alpha value is -1.56. The Bertz CT molecular complexity index is 813. The summed E-state index contributed by atoms with van der Waals surface area (Å²) in [6.07, 6.45) is 0.144. The third kappa shape index (κ3) is 3.58. The van der Waals surface area contributed by atoms with Crippen molar-refractivity contribution in [3.05, 3.63) is 57.0 Å². The van der Waals surface area contributed by atoms with Crippen molar-refractivity contribution in [3.63, 3.8) is 0 Å². The Morgan fingerprint density at radius 3 is 2.62 bits per heavy atom. The normalized spacial score (nSPS) is 17.2. The second-order valence-corrected chi connectivity index (χ2v) is 7.20. The molecular weight excluding hydrogens is 415 g/mol. The predicted octanol–water partition coefficient (Wildman–Crippen LogP) is 4.75. The molecule has 1 aliphatic heterocycles. The van der Waals surface area contributed by atoms with Crippen LogP contribution in [-0.4, -0.2) is 18.4 Å². The van der Waals surface area contributed by atoms with Gasteiger partial charge in [-0.3, -0.25) is 9.59 Å². The number of nitrogens with one attached hydrogen (secondary N) is 1. The Balaban J connectivity index is 1.73. The Morgan fingerprint density at radius 1 is 1.17 bits per heavy atom. The number of anilines is 2. The smallest absolute Gasteiger partial charge is 0.229 e. The molecule has 0 radical (unpaired) electrons. The van der Waals surface area contributed by atoms with Crippen LogP contribution in [-0.2, 0) is 9.59 Å². The average molecular weight is 428 g/mol. The van der Waals surface area contributed by atoms with Crippen LogP contribution in [0, 0.1) is 5.92 Å². The molecule has 1 unspecified atom stereocenters. The maximum atomic E-state index is 12.5. The summed E-state index contributed by atoms with van der Waals surface area (Å²) >= 11 is 15.6. The summed E-state index contributed by atoms with van der Waals surface area (Å²) in [5, 5.41) is 3.71. The van der Waals surface area contributed by atoms with Crippen LogP contribution in [0.5, 0.6) is 0 Å². The zero-order valence-corrected chi connectivity index (χ0v) is 15.5. The van der Waals surface area contributed by atoms with Gasteiger partial charge in [0.25, 0.3) is 0 Å². The summed E-state index contributed by atoms with van der Waals surface area (Å²) < 4.78 is 0.825. The van der Waals surface area contributed by atoms with Gasteiger partial charge in [-0.2, -0.15) is 0 Å². The number of hydrogen-bond acceptors (Lipinski definition) is 2. The number of rotatable bonds is 3. The molecule has 124 valence electrons. The first kappa shape index (κ1) is 17.3. The fourth-order valence-electron chi connectivity index (χ4n) is 2.61. The molecule has 0 spiro atoms. The highest BCUT2D eigenvalue weighted by molar-refractivity contribution is 9.10. The standard InChI is InChI=1S/C17H13BrCl2N2O2/c18-11-5-6-14(13(20)8-11)21-17(24)10-7-16(23)22(9-10)15-4-2-1-3-12(15)19/h1-6,8,10H,7,9H2,(H,21,24). The van der Waals surface area contributed by atoms with Crippen LogP contribution < -0.4 is 10.2 Å². The first-order chi connectivity index (χ1) is 11.5. The molecule has 1 fully saturated rings. The van der Waals surface area contributed by atoms with E-state index in [2.05, 4.69) is 21.2 Å². The summed E-state index contributed by atoms with van der Waals surface area (Å²) in [6, 6.07) is 12.3. The van der Waals surface area contributed by atoms with Gasteiger partial charge >= 0.3 is 0 Å². The fourth-order valence-corrected chi connectivity index (χ4v) is 3.57. The van der Waals surface area contributed by atoms with Crippen LogP contribution in [0.3, 0.4) is 0 Å². The maximum absolute atomic E-state index is 12.5. The van der Waals surface area contributed by atoms with Crippen LogP contribution in [0.2, 0.25) is 10.0 Å². The number of halogens is 3. The number of hydrogen-bond donors (Lipinski definition) is 1. The van der Waals surface area contributed by atoms with Crippen molar-refractivity contribution in [2.24, 2.45) is 5.92 Å². The van der Waals surface area contributed by atoms with E-state index in [1.807, 2.05) is 6.07 Å². The van der Waals surface area contributed by atoms with Gasteiger partial charge in [-0.15, -0.1) is 0 Å². The van der Waals surface area contributed by atoms with Gasteiger partial charge in [0, 0.05) is 17.4 Å². The molecule has 0 bridgehead atoms. The number of nitrogens with zero attached hydrogens (tertiary/aromatic N) is 1. The lowest BCUT2D eigenvalue weighted by Gasteiger charge is -2.18. The fraction of sp³-hybridized carbons (Fsp3) is 0.176. The largest absolute Gasteiger partial charge is 0.324 e. The van der Waals surface area contributed by atoms with Gasteiger partial charge in [-0.25, -0.2) is 0 Å². The third-order valence-corrected chi connectivity index (χ3v) is 4.95. The molecule has 0 aliphatic carbocycles. The molecule has 2 aromatic carbocycles. The van der Waals surface area contributed by atoms with Gasteiger partial charge in [-0.05, 0) is 30.3 Å². The molecule has 1 heterocycles. The zero-order chi connectivity index (χ0) is 17.3. The first-order valence-electron chi connectivity index (χ1n) is 7.26. The number of carbonyl (C=O) groups is 2. The number of para-hydroxylation sites is 1. The number of benzene rings is 2. The summed E-state index contributed by atoms with van der Waals surface area (Å²) in [6.45, 7) is 0.294. The third-order valence-electron chi connectivity index (χ3n) is 3.83. The maximum Gasteiger partial charge on any atom is 0.229 e. The second-order valence-electron chi connectivity index (χ2n) is 5.47. The number of carbonyl (C=O) groups excluding carboxylic acids is 2. The van der Waals surface area contributed by atoms with Crippen LogP contribution in [0.15, 0.2) is 46.9 Å². The van der Waals surface area contributed by atoms with Crippen LogP contribution in [0.1, 0.15) is 6.42 Å². The molecular formula is C17H13BrCl2N2O2. The van der Waals surface area contributed by atoms with E-state index < -0.39 is 5.92 Å². The lowest BCUT2D eigenvalue weighted by molar-refractivity contribution is -0.122. The second kappa shape index (κ2) is 7.13. The van der Waals surface area contributed by atoms with Crippen molar-refractivity contribution in [1.29, 1.82) is 0 Å². The average Bonchev–Trinajstić information content (AvgIpc) is 2.92. The summed E-state index contributed by atoms with van der Waals surface area (Å²) in [5.74, 6) is -0.805. The molecule has 0 saturated carbocycles. The number of amides is 2. The highest BCUT2D eigenvalue weighted by atomic mass is 79.9. The van der Waals surface area contributed by atoms with Crippen molar-refractivity contribution in [3.8, 4) is 0 Å². The van der Waals surface area contributed by atoms with Crippen molar-refractivity contribution in [2.45, 2.75) is 6.42 Å². The summed E-state index contributed by atoms with van der Waals surface area (Å²) in [7, 11) is 0. The van der Waals surface area contributed by atoms with Gasteiger partial charge in [0.15, 0.2) is 0 Å². The predicted molar refractivity (Wildman–Crippen MR) is 99.7 cm³/mol. The quantitative estimate of drug-likeness (QED) is 0.768. The van der Waals surface area contributed by atoms with Crippen LogP contribution in [0.4, 0.5) is 11.4 Å². The minimum atomic E-state index is -0.450. The molecule has 1 atom stereocenters. The van der Waals surface area contributed by atoms with Gasteiger partial charge in [0.1, 0.15) is 0 Å². The first-order valence-corrected chi connectivity index (χ1v) is 8.81. The lowest BCUT2D eigenvalue weighted by Crippen LogP contribution is -2.28. The topological polar surface area (TPSA) is 49.4 Å². The van der Waals surface area contributed by atoms with Gasteiger partial charge in [0.05, 0.1) is 27.3 Å². The van der Waals surface area contributed by atoms with Gasteiger partial charge in [-0.1, -0.05) is 51.3 Å². The molecule has 0 aromatic heterocycles. The van der Waals surface area contributed by atoms with E-state index in [9.17, 15) is 9.59 Å². The highest BCUT2D eigenvalue weighted by Crippen LogP contribution is 2.32. The molecule has 2 aromatic rings. The van der Waals surface area contributed by atoms with E-state index in [0.717, 1.165) is 4.47 Å². The van der Waals surface area contributed by atoms with Crippen molar-refractivity contribution >= 4 is 62.3 Å². The monoisotopic (exact) mass is 426 g/mol. The Labute approximate surface area is 157 Å². The van der Waals surface area contributed by atoms with Crippen molar-refractivity contribution in [2.75, 3.05) is 16.8 Å². The van der Waals surface area contributed by atoms with E-state index in [1.165, 1.54) is 0 Å². The van der Waals surface area contributed by atoms with Crippen molar-refractivity contribution in [1.82, 2.24) is 0 Å². The Kier molecular flexibility index (Phi) is 5.13. The molecule has 1 aliphatic rings. The minimum absolute atomic E-state index is 0.120. The van der Waals surface area contributed by atoms with Crippen molar-refractivity contribution < 1.29 is 9.59 Å². The Morgan fingerprint density at radius 2 is 1.92 bits per heavy atom.